The summed E-state index contributed by atoms with van der Waals surface area (Å²) in [6, 6.07) is 0. The summed E-state index contributed by atoms with van der Waals surface area (Å²) in [5.74, 6) is -1.01. The molecule has 11 nitrogen and oxygen atoms in total. The second kappa shape index (κ2) is 14.8. The smallest absolute Gasteiger partial charge is 0.302 e. The van der Waals surface area contributed by atoms with Gasteiger partial charge in [-0.05, 0) is 12.8 Å². The van der Waals surface area contributed by atoms with Crippen LogP contribution in [-0.4, -0.2) is 40.9 Å². The highest BCUT2D eigenvalue weighted by Gasteiger charge is 2.15. The minimum atomic E-state index is -0.750. The molecule has 11 N–H and O–H groups in total. The zero-order valence-corrected chi connectivity index (χ0v) is 17.6. The van der Waals surface area contributed by atoms with Crippen LogP contribution in [-0.2, 0) is 0 Å². The highest BCUT2D eigenvalue weighted by atomic mass is 35.5. The van der Waals surface area contributed by atoms with Crippen LogP contribution >= 0.6 is 36.4 Å². The number of halogens is 3. The van der Waals surface area contributed by atoms with Crippen LogP contribution in [0.1, 0.15) is 42.6 Å². The van der Waals surface area contributed by atoms with E-state index >= 15 is 0 Å². The fraction of sp³-hybridized carbons (Fsp3) is 0.500. The largest absolute Gasteiger partial charge is 0.382 e. The van der Waals surface area contributed by atoms with Crippen molar-refractivity contribution in [1.29, 1.82) is 5.41 Å². The number of guanidine groups is 2. The fourth-order valence-corrected chi connectivity index (χ4v) is 2.15. The third-order valence-corrected chi connectivity index (χ3v) is 3.58. The molecule has 0 radical (unpaired) electrons. The first-order chi connectivity index (χ1) is 12.3. The zero-order chi connectivity index (χ0) is 19.5. The standard InChI is InChI=1S/C14H25ClN10O.2ClH/c15-9-11(17)24-10(16)8(23-9)12(26)25-14(20)22-7-5-3-1-2-4-6-21-13(18)19;;/h1-7H2,(H4,16,17,24)(H4,18,19,21)(H3,20,22,25,26);2*1H. The molecule has 28 heavy (non-hydrogen) atoms. The first-order valence-electron chi connectivity index (χ1n) is 8.10. The molecule has 160 valence electrons. The maximum atomic E-state index is 12.0. The van der Waals surface area contributed by atoms with Crippen molar-refractivity contribution >= 4 is 65.9 Å². The Bertz CT molecular complexity index is 671. The van der Waals surface area contributed by atoms with Crippen molar-refractivity contribution in [3.8, 4) is 0 Å². The van der Waals surface area contributed by atoms with Crippen LogP contribution in [0.25, 0.3) is 0 Å². The van der Waals surface area contributed by atoms with E-state index in [0.717, 1.165) is 32.1 Å². The Kier molecular flexibility index (Phi) is 14.8. The van der Waals surface area contributed by atoms with Crippen LogP contribution in [0.5, 0.6) is 0 Å². The Morgan fingerprint density at radius 3 is 2.07 bits per heavy atom. The van der Waals surface area contributed by atoms with Gasteiger partial charge in [0, 0.05) is 13.1 Å². The average Bonchev–Trinajstić information content (AvgIpc) is 2.56. The fourth-order valence-electron chi connectivity index (χ4n) is 2.02. The molecular weight excluding hydrogens is 431 g/mol. The minimum absolute atomic E-state index is 0. The van der Waals surface area contributed by atoms with Crippen molar-refractivity contribution in [3.63, 3.8) is 0 Å². The quantitative estimate of drug-likeness (QED) is 0.157. The van der Waals surface area contributed by atoms with Crippen LogP contribution < -0.4 is 33.6 Å². The summed E-state index contributed by atoms with van der Waals surface area (Å²) in [6.45, 7) is 1.29. The van der Waals surface area contributed by atoms with Gasteiger partial charge < -0.3 is 33.6 Å². The van der Waals surface area contributed by atoms with Crippen molar-refractivity contribution < 1.29 is 4.79 Å². The summed E-state index contributed by atoms with van der Waals surface area (Å²) in [6.07, 6.45) is 4.92. The number of anilines is 2. The van der Waals surface area contributed by atoms with Crippen molar-refractivity contribution in [3.05, 3.63) is 10.8 Å². The van der Waals surface area contributed by atoms with E-state index in [9.17, 15) is 4.79 Å². The average molecular weight is 458 g/mol. The highest BCUT2D eigenvalue weighted by molar-refractivity contribution is 6.31. The number of hydrogen-bond donors (Lipinski definition) is 7. The molecule has 0 atom stereocenters. The molecule has 0 bridgehead atoms. The third kappa shape index (κ3) is 10.8. The van der Waals surface area contributed by atoms with Gasteiger partial charge in [0.15, 0.2) is 34.4 Å². The maximum absolute atomic E-state index is 12.0. The van der Waals surface area contributed by atoms with Crippen LogP contribution in [0.2, 0.25) is 5.15 Å². The maximum Gasteiger partial charge on any atom is 0.302 e. The van der Waals surface area contributed by atoms with Crippen molar-refractivity contribution in [1.82, 2.24) is 20.6 Å². The highest BCUT2D eigenvalue weighted by Crippen LogP contribution is 2.17. The Morgan fingerprint density at radius 1 is 0.964 bits per heavy atom. The summed E-state index contributed by atoms with van der Waals surface area (Å²) < 4.78 is 0. The van der Waals surface area contributed by atoms with E-state index in [1.54, 1.807) is 0 Å². The number of nitrogens with zero attached hydrogens (tertiary/aromatic N) is 3. The van der Waals surface area contributed by atoms with Crippen molar-refractivity contribution in [2.75, 3.05) is 24.6 Å². The van der Waals surface area contributed by atoms with Crippen molar-refractivity contribution in [2.24, 2.45) is 16.5 Å². The molecule has 0 spiro atoms. The number of nitrogens with two attached hydrogens (primary N) is 4. The number of nitrogen functional groups attached to an aromatic ring is 2. The molecular formula is C14H27Cl3N10O. The number of aliphatic imine (C=N–C) groups is 1. The first kappa shape index (κ1) is 28.0. The van der Waals surface area contributed by atoms with E-state index in [4.69, 9.17) is 39.9 Å². The summed E-state index contributed by atoms with van der Waals surface area (Å²) in [5.41, 5.74) is 21.7. The first-order valence-corrected chi connectivity index (χ1v) is 8.47. The lowest BCUT2D eigenvalue weighted by molar-refractivity contribution is 0.0998. The number of amides is 1. The molecule has 0 fully saturated rings. The molecule has 0 aliphatic heterocycles. The molecule has 0 saturated heterocycles. The van der Waals surface area contributed by atoms with Crippen LogP contribution in [0, 0.1) is 5.41 Å². The number of aromatic nitrogens is 2. The van der Waals surface area contributed by atoms with Gasteiger partial charge in [-0.2, -0.15) is 4.99 Å². The molecule has 1 aromatic heterocycles. The molecule has 14 heteroatoms. The number of rotatable bonds is 9. The Morgan fingerprint density at radius 2 is 1.50 bits per heavy atom. The molecule has 0 aliphatic carbocycles. The Hall–Kier alpha value is -2.24. The molecule has 0 aromatic carbocycles. The number of hydrogen-bond acceptors (Lipinski definition) is 6. The SMILES string of the molecule is Cl.Cl.N=C(N)NCCCCCCCNC(N)=NC(=O)c1nc(Cl)c(N)nc1N. The van der Waals surface area contributed by atoms with Crippen molar-refractivity contribution in [2.45, 2.75) is 32.1 Å². The lowest BCUT2D eigenvalue weighted by Crippen LogP contribution is -2.33. The van der Waals surface area contributed by atoms with Gasteiger partial charge in [0.05, 0.1) is 0 Å². The molecule has 0 aliphatic rings. The number of nitrogens with one attached hydrogen (secondary N) is 3. The van der Waals surface area contributed by atoms with Crippen LogP contribution in [0.15, 0.2) is 4.99 Å². The van der Waals surface area contributed by atoms with E-state index in [0.29, 0.717) is 13.1 Å². The number of unbranched alkanes of at least 4 members (excludes halogenated alkanes) is 4. The normalized spacial score (nSPS) is 10.4. The second-order valence-corrected chi connectivity index (χ2v) is 5.83. The van der Waals surface area contributed by atoms with Gasteiger partial charge in [-0.15, -0.1) is 24.8 Å². The Labute approximate surface area is 180 Å². The van der Waals surface area contributed by atoms with Gasteiger partial charge >= 0.3 is 5.91 Å². The minimum Gasteiger partial charge on any atom is -0.382 e. The molecule has 1 heterocycles. The summed E-state index contributed by atoms with van der Waals surface area (Å²) >= 11 is 5.72. The van der Waals surface area contributed by atoms with E-state index in [-0.39, 0.29) is 59.2 Å². The molecule has 1 aromatic rings. The van der Waals surface area contributed by atoms with Crippen LogP contribution in [0.4, 0.5) is 11.6 Å². The van der Waals surface area contributed by atoms with Gasteiger partial charge in [0.25, 0.3) is 0 Å². The summed E-state index contributed by atoms with van der Waals surface area (Å²) in [5, 5.41) is 12.5. The van der Waals surface area contributed by atoms with Gasteiger partial charge in [-0.1, -0.05) is 30.9 Å². The topological polar surface area (TPSA) is 207 Å². The van der Waals surface area contributed by atoms with Gasteiger partial charge in [-0.3, -0.25) is 10.2 Å². The lowest BCUT2D eigenvalue weighted by Gasteiger charge is -2.06. The number of carbonyl (C=O) groups is 1. The second-order valence-electron chi connectivity index (χ2n) is 5.47. The Balaban J connectivity index is 0. The van der Waals surface area contributed by atoms with Gasteiger partial charge in [0.2, 0.25) is 0 Å². The van der Waals surface area contributed by atoms with Crippen LogP contribution in [0.3, 0.4) is 0 Å². The molecule has 1 rings (SSSR count). The number of carbonyl (C=O) groups excluding carboxylic acids is 1. The van der Waals surface area contributed by atoms with E-state index < -0.39 is 5.91 Å². The van der Waals surface area contributed by atoms with E-state index in [2.05, 4.69) is 25.6 Å². The zero-order valence-electron chi connectivity index (χ0n) is 15.2. The monoisotopic (exact) mass is 456 g/mol. The van der Waals surface area contributed by atoms with Gasteiger partial charge in [0.1, 0.15) is 0 Å². The van der Waals surface area contributed by atoms with E-state index in [1.807, 2.05) is 0 Å². The van der Waals surface area contributed by atoms with Gasteiger partial charge in [-0.25, -0.2) is 9.97 Å². The lowest BCUT2D eigenvalue weighted by atomic mass is 10.1. The van der Waals surface area contributed by atoms with E-state index in [1.165, 1.54) is 0 Å². The predicted molar refractivity (Wildman–Crippen MR) is 117 cm³/mol. The predicted octanol–water partition coefficient (Wildman–Crippen LogP) is 0.616. The summed E-state index contributed by atoms with van der Waals surface area (Å²) in [7, 11) is 0. The summed E-state index contributed by atoms with van der Waals surface area (Å²) in [4.78, 5) is 23.2. The molecule has 0 unspecified atom stereocenters. The third-order valence-electron chi connectivity index (χ3n) is 3.30. The molecule has 0 saturated carbocycles. The molecule has 1 amide bonds.